The predicted octanol–water partition coefficient (Wildman–Crippen LogP) is 7.31. The number of benzene rings is 3. The number of rotatable bonds is 12. The van der Waals surface area contributed by atoms with Crippen molar-refractivity contribution in [3.05, 3.63) is 89.5 Å². The van der Waals surface area contributed by atoms with Crippen molar-refractivity contribution in [2.45, 2.75) is 39.0 Å². The number of thiocarbonyl (C=S) groups is 1. The molecule has 0 unspecified atom stereocenters. The summed E-state index contributed by atoms with van der Waals surface area (Å²) in [5, 5.41) is 16.5. The largest absolute Gasteiger partial charge is 0.573 e. The minimum Gasteiger partial charge on any atom is -0.406 e. The minimum atomic E-state index is -4.78. The molecule has 4 aromatic rings. The van der Waals surface area contributed by atoms with Gasteiger partial charge in [0, 0.05) is 29.6 Å². The van der Waals surface area contributed by atoms with Crippen molar-refractivity contribution >= 4 is 29.2 Å². The van der Waals surface area contributed by atoms with E-state index in [1.165, 1.54) is 40.1 Å². The van der Waals surface area contributed by atoms with Crippen molar-refractivity contribution in [2.24, 2.45) is 4.99 Å². The van der Waals surface area contributed by atoms with Crippen LogP contribution in [0, 0.1) is 11.3 Å². The normalized spacial score (nSPS) is 11.5. The van der Waals surface area contributed by atoms with Crippen LogP contribution in [-0.4, -0.2) is 45.3 Å². The molecule has 0 aliphatic heterocycles. The summed E-state index contributed by atoms with van der Waals surface area (Å²) in [6, 6.07) is 23.2. The van der Waals surface area contributed by atoms with Crippen LogP contribution in [0.25, 0.3) is 17.1 Å². The van der Waals surface area contributed by atoms with E-state index < -0.39 is 6.36 Å². The maximum atomic E-state index is 12.5. The number of aromatic nitrogens is 3. The van der Waals surface area contributed by atoms with E-state index in [9.17, 15) is 13.2 Å². The fourth-order valence-corrected chi connectivity index (χ4v) is 4.48. The van der Waals surface area contributed by atoms with E-state index in [0.717, 1.165) is 16.0 Å². The molecule has 7 nitrogen and oxygen atoms in total. The van der Waals surface area contributed by atoms with Gasteiger partial charge in [-0.25, -0.2) is 0 Å². The molecule has 0 aliphatic rings. The molecule has 0 spiro atoms. The molecular weight excluding hydrogens is 561 g/mol. The maximum absolute atomic E-state index is 12.5. The van der Waals surface area contributed by atoms with Crippen LogP contribution in [0.15, 0.2) is 77.8 Å². The second-order valence-corrected chi connectivity index (χ2v) is 10.3. The molecule has 216 valence electrons. The molecule has 0 bridgehead atoms. The Bertz CT molecular complexity index is 1570. The van der Waals surface area contributed by atoms with E-state index in [2.05, 4.69) is 57.2 Å². The van der Waals surface area contributed by atoms with Crippen LogP contribution in [0.2, 0.25) is 0 Å². The van der Waals surface area contributed by atoms with E-state index >= 15 is 0 Å². The van der Waals surface area contributed by atoms with Crippen molar-refractivity contribution in [2.75, 3.05) is 18.4 Å². The number of nitriles is 1. The van der Waals surface area contributed by atoms with E-state index in [0.29, 0.717) is 42.9 Å². The maximum Gasteiger partial charge on any atom is 0.573 e. The van der Waals surface area contributed by atoms with E-state index in [-0.39, 0.29) is 12.2 Å². The lowest BCUT2D eigenvalue weighted by molar-refractivity contribution is -0.274. The summed E-state index contributed by atoms with van der Waals surface area (Å²) in [4.78, 5) is 9.94. The number of nitrogens with one attached hydrogen (secondary N) is 1. The zero-order valence-electron chi connectivity index (χ0n) is 23.1. The number of anilines is 1. The minimum absolute atomic E-state index is 0.238. The fourth-order valence-electron chi connectivity index (χ4n) is 4.25. The average molecular weight is 591 g/mol. The third-order valence-corrected chi connectivity index (χ3v) is 6.46. The molecule has 0 saturated carbocycles. The van der Waals surface area contributed by atoms with Gasteiger partial charge in [0.2, 0.25) is 5.95 Å². The van der Waals surface area contributed by atoms with Crippen LogP contribution in [0.3, 0.4) is 0 Å². The van der Waals surface area contributed by atoms with Gasteiger partial charge in [-0.1, -0.05) is 74.6 Å². The Morgan fingerprint density at radius 1 is 1.10 bits per heavy atom. The molecule has 3 aromatic carbocycles. The quantitative estimate of drug-likeness (QED) is 0.106. The number of nitrogens with zero attached hydrogens (tertiary/aromatic N) is 5. The highest BCUT2D eigenvalue weighted by Crippen LogP contribution is 2.26. The first-order valence-corrected chi connectivity index (χ1v) is 13.7. The van der Waals surface area contributed by atoms with Gasteiger partial charge in [-0.05, 0) is 46.9 Å². The van der Waals surface area contributed by atoms with Gasteiger partial charge in [0.25, 0.3) is 0 Å². The lowest BCUT2D eigenvalue weighted by atomic mass is 9.94. The van der Waals surface area contributed by atoms with Gasteiger partial charge < -0.3 is 10.1 Å². The molecule has 4 rings (SSSR count). The molecule has 0 atom stereocenters. The van der Waals surface area contributed by atoms with Crippen molar-refractivity contribution in [3.8, 4) is 28.9 Å². The van der Waals surface area contributed by atoms with Gasteiger partial charge >= 0.3 is 6.36 Å². The van der Waals surface area contributed by atoms with Gasteiger partial charge in [-0.3, -0.25) is 4.99 Å². The smallest absolute Gasteiger partial charge is 0.406 e. The zero-order valence-corrected chi connectivity index (χ0v) is 23.9. The lowest BCUT2D eigenvalue weighted by Gasteiger charge is -2.12. The SMILES string of the molecule is CC(C)c1ccccc1CC(=S)CN=Cc1ccc(-c2nc(NCCC#N)n(-c3ccc(OC(F)(F)F)cc3)n2)cc1. The van der Waals surface area contributed by atoms with E-state index in [1.54, 1.807) is 6.21 Å². The molecular formula is C31H29F3N6OS. The van der Waals surface area contributed by atoms with Crippen molar-refractivity contribution < 1.29 is 17.9 Å². The molecule has 0 fully saturated rings. The van der Waals surface area contributed by atoms with Gasteiger partial charge in [0.1, 0.15) is 5.75 Å². The molecule has 0 radical (unpaired) electrons. The van der Waals surface area contributed by atoms with Crippen molar-refractivity contribution in [3.63, 3.8) is 0 Å². The molecule has 0 amide bonds. The Hall–Kier alpha value is -4.56. The molecule has 0 aliphatic carbocycles. The molecule has 0 saturated heterocycles. The topological polar surface area (TPSA) is 88.1 Å². The molecule has 1 aromatic heterocycles. The van der Waals surface area contributed by atoms with Crippen molar-refractivity contribution in [1.82, 2.24) is 14.8 Å². The first-order valence-electron chi connectivity index (χ1n) is 13.3. The second-order valence-electron chi connectivity index (χ2n) is 9.71. The molecule has 1 N–H and O–H groups in total. The highest BCUT2D eigenvalue weighted by molar-refractivity contribution is 7.80. The Morgan fingerprint density at radius 2 is 1.81 bits per heavy atom. The Kier molecular flexibility index (Phi) is 10.0. The number of ether oxygens (including phenoxy) is 1. The Morgan fingerprint density at radius 3 is 2.48 bits per heavy atom. The standard InChI is InChI=1S/C31H29F3N6OS/c1-21(2)28-7-4-3-6-24(28)18-27(42)20-36-19-22-8-10-23(11-9-22)29-38-30(37-17-5-16-35)40(39-29)25-12-14-26(15-13-25)41-31(32,33)34/h3-4,6-15,19,21H,5,17-18,20H2,1-2H3,(H,37,38,39). The van der Waals surface area contributed by atoms with Crippen LogP contribution in [-0.2, 0) is 6.42 Å². The van der Waals surface area contributed by atoms with Crippen LogP contribution in [0.1, 0.15) is 42.9 Å². The summed E-state index contributed by atoms with van der Waals surface area (Å²) in [6.45, 7) is 5.11. The average Bonchev–Trinajstić information content (AvgIpc) is 3.37. The van der Waals surface area contributed by atoms with Crippen molar-refractivity contribution in [1.29, 1.82) is 5.26 Å². The molecule has 42 heavy (non-hydrogen) atoms. The number of alkyl halides is 3. The highest BCUT2D eigenvalue weighted by atomic mass is 32.1. The van der Waals surface area contributed by atoms with E-state index in [1.807, 2.05) is 36.4 Å². The summed E-state index contributed by atoms with van der Waals surface area (Å²) >= 11 is 5.59. The number of halogens is 3. The first-order chi connectivity index (χ1) is 20.1. The molecule has 1 heterocycles. The van der Waals surface area contributed by atoms with E-state index in [4.69, 9.17) is 17.5 Å². The Labute approximate surface area is 247 Å². The van der Waals surface area contributed by atoms with Gasteiger partial charge in [0.15, 0.2) is 5.82 Å². The van der Waals surface area contributed by atoms with Gasteiger partial charge in [-0.2, -0.15) is 14.9 Å². The monoisotopic (exact) mass is 590 g/mol. The van der Waals surface area contributed by atoms with Crippen LogP contribution in [0.5, 0.6) is 5.75 Å². The van der Waals surface area contributed by atoms with Crippen LogP contribution < -0.4 is 10.1 Å². The number of hydrogen-bond acceptors (Lipinski definition) is 7. The Balaban J connectivity index is 1.45. The van der Waals surface area contributed by atoms with Crippen LogP contribution in [0.4, 0.5) is 19.1 Å². The summed E-state index contributed by atoms with van der Waals surface area (Å²) < 4.78 is 43.1. The third-order valence-electron chi connectivity index (χ3n) is 6.18. The summed E-state index contributed by atoms with van der Waals surface area (Å²) in [5.74, 6) is 0.834. The number of aliphatic imine (C=N–C) groups is 1. The third kappa shape index (κ3) is 8.47. The fraction of sp³-hybridized carbons (Fsp3) is 0.258. The lowest BCUT2D eigenvalue weighted by Crippen LogP contribution is -2.17. The summed E-state index contributed by atoms with van der Waals surface area (Å²) in [5.41, 5.74) is 4.61. The molecule has 11 heteroatoms. The first kappa shape index (κ1) is 30.4. The number of hydrogen-bond donors (Lipinski definition) is 1. The van der Waals surface area contributed by atoms with Gasteiger partial charge in [-0.15, -0.1) is 18.3 Å². The predicted molar refractivity (Wildman–Crippen MR) is 161 cm³/mol. The second kappa shape index (κ2) is 13.9. The summed E-state index contributed by atoms with van der Waals surface area (Å²) in [7, 11) is 0. The highest BCUT2D eigenvalue weighted by Gasteiger charge is 2.31. The zero-order chi connectivity index (χ0) is 30.1. The summed E-state index contributed by atoms with van der Waals surface area (Å²) in [6.07, 6.45) is -2.07. The van der Waals surface area contributed by atoms with Crippen LogP contribution >= 0.6 is 12.2 Å². The van der Waals surface area contributed by atoms with Gasteiger partial charge in [0.05, 0.1) is 24.7 Å².